The number of alkyl halides is 2. The van der Waals surface area contributed by atoms with Gasteiger partial charge in [0.25, 0.3) is 0 Å². The van der Waals surface area contributed by atoms with Crippen molar-refractivity contribution in [2.45, 2.75) is 18.9 Å². The fourth-order valence-electron chi connectivity index (χ4n) is 1.59. The van der Waals surface area contributed by atoms with Crippen LogP contribution in [0.5, 0.6) is 0 Å². The highest BCUT2D eigenvalue weighted by Gasteiger charge is 2.49. The minimum atomic E-state index is -4.29. The number of pyridine rings is 1. The van der Waals surface area contributed by atoms with Crippen molar-refractivity contribution < 1.29 is 27.8 Å². The van der Waals surface area contributed by atoms with Gasteiger partial charge in [0.1, 0.15) is 5.15 Å². The molecule has 0 aliphatic carbocycles. The van der Waals surface area contributed by atoms with Crippen LogP contribution < -0.4 is 5.32 Å². The molecule has 0 fully saturated rings. The molecule has 1 atom stereocenters. The average Bonchev–Trinajstić information content (AvgIpc) is 2.46. The number of carbonyl (C=O) groups excluding carboxylic acids is 2. The van der Waals surface area contributed by atoms with Crippen molar-refractivity contribution in [1.82, 2.24) is 10.3 Å². The van der Waals surface area contributed by atoms with Crippen LogP contribution in [0.25, 0.3) is 0 Å². The summed E-state index contributed by atoms with van der Waals surface area (Å²) in [5, 5.41) is 2.17. The number of rotatable bonds is 7. The van der Waals surface area contributed by atoms with Gasteiger partial charge in [0.15, 0.2) is 0 Å². The third-order valence-corrected chi connectivity index (χ3v) is 2.82. The predicted octanol–water partition coefficient (Wildman–Crippen LogP) is 1.74. The molecule has 22 heavy (non-hydrogen) atoms. The molecule has 1 aromatic rings. The Kier molecular flexibility index (Phi) is 6.63. The molecule has 0 aliphatic rings. The lowest BCUT2D eigenvalue weighted by Gasteiger charge is -2.21. The van der Waals surface area contributed by atoms with Crippen LogP contribution in [0.15, 0.2) is 18.3 Å². The summed E-state index contributed by atoms with van der Waals surface area (Å²) < 4.78 is 36.3. The van der Waals surface area contributed by atoms with E-state index in [1.165, 1.54) is 32.4 Å². The van der Waals surface area contributed by atoms with Gasteiger partial charge in [-0.25, -0.2) is 9.78 Å². The Morgan fingerprint density at radius 3 is 2.73 bits per heavy atom. The van der Waals surface area contributed by atoms with E-state index in [2.05, 4.69) is 9.72 Å². The quantitative estimate of drug-likeness (QED) is 0.466. The number of hydrogen-bond acceptors (Lipinski definition) is 5. The van der Waals surface area contributed by atoms with Crippen LogP contribution in [-0.4, -0.2) is 43.1 Å². The van der Waals surface area contributed by atoms with E-state index >= 15 is 0 Å². The molecule has 1 amide bonds. The summed E-state index contributed by atoms with van der Waals surface area (Å²) in [6.45, 7) is 1.01. The van der Waals surface area contributed by atoms with E-state index in [0.717, 1.165) is 0 Å². The third kappa shape index (κ3) is 4.60. The second kappa shape index (κ2) is 8.00. The lowest BCUT2D eigenvalue weighted by molar-refractivity contribution is -0.178. The standard InChI is InChI=1S/C13H15ClF2N2O4/c1-3-22-12(20)13(15,16)11(19)18-9(7-21-2)8-4-5-17-10(14)6-8/h4-6,9H,3,7H2,1-2H3,(H,18,19). The maximum atomic E-state index is 13.6. The molecule has 1 unspecified atom stereocenters. The first-order valence-corrected chi connectivity index (χ1v) is 6.67. The van der Waals surface area contributed by atoms with Crippen molar-refractivity contribution in [2.24, 2.45) is 0 Å². The maximum Gasteiger partial charge on any atom is 0.418 e. The monoisotopic (exact) mass is 336 g/mol. The van der Waals surface area contributed by atoms with Crippen molar-refractivity contribution in [3.05, 3.63) is 29.0 Å². The molecule has 0 bridgehead atoms. The van der Waals surface area contributed by atoms with Crippen LogP contribution in [-0.2, 0) is 19.1 Å². The number of ether oxygens (including phenoxy) is 2. The van der Waals surface area contributed by atoms with Gasteiger partial charge in [-0.2, -0.15) is 8.78 Å². The molecular formula is C13H15ClF2N2O4. The highest BCUT2D eigenvalue weighted by molar-refractivity contribution is 6.29. The van der Waals surface area contributed by atoms with Crippen LogP contribution >= 0.6 is 11.6 Å². The van der Waals surface area contributed by atoms with Gasteiger partial charge in [-0.3, -0.25) is 4.79 Å². The smallest absolute Gasteiger partial charge is 0.418 e. The largest absolute Gasteiger partial charge is 0.461 e. The average molecular weight is 337 g/mol. The Labute approximate surface area is 130 Å². The number of esters is 1. The number of aromatic nitrogens is 1. The van der Waals surface area contributed by atoms with Gasteiger partial charge in [0, 0.05) is 13.3 Å². The number of carbonyl (C=O) groups is 2. The van der Waals surface area contributed by atoms with Gasteiger partial charge in [-0.15, -0.1) is 0 Å². The molecule has 122 valence electrons. The minimum Gasteiger partial charge on any atom is -0.461 e. The summed E-state index contributed by atoms with van der Waals surface area (Å²) >= 11 is 5.72. The van der Waals surface area contributed by atoms with Crippen molar-refractivity contribution in [1.29, 1.82) is 0 Å². The van der Waals surface area contributed by atoms with Crippen molar-refractivity contribution in [3.8, 4) is 0 Å². The Hall–Kier alpha value is -1.80. The zero-order chi connectivity index (χ0) is 16.8. The second-order valence-corrected chi connectivity index (χ2v) is 4.58. The Morgan fingerprint density at radius 2 is 2.18 bits per heavy atom. The molecule has 0 spiro atoms. The first-order chi connectivity index (χ1) is 10.3. The zero-order valence-corrected chi connectivity index (χ0v) is 12.7. The number of methoxy groups -OCH3 is 1. The van der Waals surface area contributed by atoms with Crippen LogP contribution in [0.4, 0.5) is 8.78 Å². The fourth-order valence-corrected chi connectivity index (χ4v) is 1.77. The lowest BCUT2D eigenvalue weighted by Crippen LogP contribution is -2.48. The van der Waals surface area contributed by atoms with Crippen LogP contribution in [0.1, 0.15) is 18.5 Å². The number of halogens is 3. The summed E-state index contributed by atoms with van der Waals surface area (Å²) in [6, 6.07) is 1.96. The topological polar surface area (TPSA) is 77.5 Å². The van der Waals surface area contributed by atoms with Crippen molar-refractivity contribution >= 4 is 23.5 Å². The van der Waals surface area contributed by atoms with Gasteiger partial charge < -0.3 is 14.8 Å². The highest BCUT2D eigenvalue weighted by atomic mass is 35.5. The van der Waals surface area contributed by atoms with Gasteiger partial charge in [0.05, 0.1) is 19.3 Å². The number of hydrogen-bond donors (Lipinski definition) is 1. The maximum absolute atomic E-state index is 13.6. The normalized spacial score (nSPS) is 12.6. The predicted molar refractivity (Wildman–Crippen MR) is 73.6 cm³/mol. The summed E-state index contributed by atoms with van der Waals surface area (Å²) in [5.41, 5.74) is 0.412. The van der Waals surface area contributed by atoms with Crippen molar-refractivity contribution in [3.63, 3.8) is 0 Å². The third-order valence-electron chi connectivity index (χ3n) is 2.61. The zero-order valence-electron chi connectivity index (χ0n) is 11.9. The van der Waals surface area contributed by atoms with Gasteiger partial charge in [-0.05, 0) is 24.6 Å². The van der Waals surface area contributed by atoms with E-state index in [4.69, 9.17) is 16.3 Å². The Morgan fingerprint density at radius 1 is 1.50 bits per heavy atom. The molecule has 0 saturated heterocycles. The summed E-state index contributed by atoms with van der Waals surface area (Å²) in [7, 11) is 1.34. The molecule has 0 saturated carbocycles. The molecular weight excluding hydrogens is 322 g/mol. The molecule has 1 N–H and O–H groups in total. The number of nitrogens with zero attached hydrogens (tertiary/aromatic N) is 1. The highest BCUT2D eigenvalue weighted by Crippen LogP contribution is 2.21. The minimum absolute atomic E-state index is 0.0923. The van der Waals surface area contributed by atoms with E-state index in [1.54, 1.807) is 0 Å². The molecule has 0 aromatic carbocycles. The first-order valence-electron chi connectivity index (χ1n) is 6.29. The van der Waals surface area contributed by atoms with Crippen LogP contribution in [0, 0.1) is 0 Å². The van der Waals surface area contributed by atoms with E-state index in [9.17, 15) is 18.4 Å². The molecule has 1 aromatic heterocycles. The Balaban J connectivity index is 2.91. The van der Waals surface area contributed by atoms with E-state index < -0.39 is 23.8 Å². The first kappa shape index (κ1) is 18.2. The number of nitrogens with one attached hydrogen (secondary N) is 1. The summed E-state index contributed by atoms with van der Waals surface area (Å²) in [6.07, 6.45) is 1.36. The Bertz CT molecular complexity index is 543. The molecule has 6 nitrogen and oxygen atoms in total. The molecule has 9 heteroatoms. The van der Waals surface area contributed by atoms with E-state index in [-0.39, 0.29) is 18.4 Å². The lowest BCUT2D eigenvalue weighted by atomic mass is 10.1. The summed E-state index contributed by atoms with van der Waals surface area (Å²) in [4.78, 5) is 26.6. The SMILES string of the molecule is CCOC(=O)C(F)(F)C(=O)NC(COC)c1ccnc(Cl)c1. The van der Waals surface area contributed by atoms with Gasteiger partial charge >= 0.3 is 17.8 Å². The number of amides is 1. The second-order valence-electron chi connectivity index (χ2n) is 4.19. The molecule has 1 heterocycles. The van der Waals surface area contributed by atoms with Crippen LogP contribution in [0.2, 0.25) is 5.15 Å². The van der Waals surface area contributed by atoms with Crippen molar-refractivity contribution in [2.75, 3.05) is 20.3 Å². The molecule has 0 radical (unpaired) electrons. The van der Waals surface area contributed by atoms with E-state index in [1.807, 2.05) is 5.32 Å². The fraction of sp³-hybridized carbons (Fsp3) is 0.462. The van der Waals surface area contributed by atoms with E-state index in [0.29, 0.717) is 5.56 Å². The summed E-state index contributed by atoms with van der Waals surface area (Å²) in [5.74, 6) is -7.98. The molecule has 1 rings (SSSR count). The van der Waals surface area contributed by atoms with Gasteiger partial charge in [0.2, 0.25) is 0 Å². The van der Waals surface area contributed by atoms with Crippen LogP contribution in [0.3, 0.4) is 0 Å². The van der Waals surface area contributed by atoms with Gasteiger partial charge in [-0.1, -0.05) is 11.6 Å². The molecule has 0 aliphatic heterocycles.